The summed E-state index contributed by atoms with van der Waals surface area (Å²) >= 11 is 6.70. The largest absolute Gasteiger partial charge is 0.325 e. The Balaban J connectivity index is 2.09. The third-order valence-electron chi connectivity index (χ3n) is 6.90. The first kappa shape index (κ1) is 16.4. The van der Waals surface area contributed by atoms with E-state index in [2.05, 4.69) is 30.6 Å². The van der Waals surface area contributed by atoms with Crippen molar-refractivity contribution in [3.05, 3.63) is 65.2 Å². The molecule has 1 spiro atoms. The number of nitrogens with zero attached hydrogens (tertiary/aromatic N) is 1. The van der Waals surface area contributed by atoms with Crippen molar-refractivity contribution >= 4 is 23.2 Å². The van der Waals surface area contributed by atoms with Gasteiger partial charge >= 0.3 is 0 Å². The van der Waals surface area contributed by atoms with E-state index in [1.54, 1.807) is 6.08 Å². The minimum atomic E-state index is -0.782. The van der Waals surface area contributed by atoms with E-state index in [4.69, 9.17) is 18.2 Å². The second kappa shape index (κ2) is 4.77. The van der Waals surface area contributed by atoms with Gasteiger partial charge in [-0.3, -0.25) is 4.79 Å². The zero-order chi connectivity index (χ0) is 18.2. The van der Waals surface area contributed by atoms with E-state index in [9.17, 15) is 4.79 Å². The van der Waals surface area contributed by atoms with Crippen molar-refractivity contribution in [1.82, 2.24) is 0 Å². The molecule has 4 atom stereocenters. The number of hydrogen-bond donors (Lipinski definition) is 1. The molecule has 128 valence electrons. The number of para-hydroxylation sites is 1. The van der Waals surface area contributed by atoms with Crippen LogP contribution in [0.1, 0.15) is 32.8 Å². The Morgan fingerprint density at radius 3 is 2.68 bits per heavy atom. The van der Waals surface area contributed by atoms with Gasteiger partial charge in [0.25, 0.3) is 0 Å². The normalized spacial score (nSPS) is 37.6. The second-order valence-corrected chi connectivity index (χ2v) is 8.61. The molecule has 1 aromatic carbocycles. The molecule has 0 unspecified atom stereocenters. The fourth-order valence-electron chi connectivity index (χ4n) is 5.37. The van der Waals surface area contributed by atoms with Crippen LogP contribution in [0.3, 0.4) is 0 Å². The van der Waals surface area contributed by atoms with Crippen LogP contribution in [-0.4, -0.2) is 11.3 Å². The molecule has 1 fully saturated rings. The summed E-state index contributed by atoms with van der Waals surface area (Å²) in [6, 6.07) is 7.83. The molecule has 1 amide bonds. The number of carbonyl (C=O) groups excluding carboxylic acids is 1. The van der Waals surface area contributed by atoms with Gasteiger partial charge in [0, 0.05) is 16.5 Å². The minimum absolute atomic E-state index is 0.0227. The lowest BCUT2D eigenvalue weighted by Gasteiger charge is -2.65. The molecule has 25 heavy (non-hydrogen) atoms. The van der Waals surface area contributed by atoms with Gasteiger partial charge in [0.05, 0.1) is 12.0 Å². The highest BCUT2D eigenvalue weighted by molar-refractivity contribution is 6.22. The predicted octanol–water partition coefficient (Wildman–Crippen LogP) is 4.91. The number of hydrogen-bond acceptors (Lipinski definition) is 1. The molecular weight excluding hydrogens is 332 g/mol. The van der Waals surface area contributed by atoms with Gasteiger partial charge in [-0.1, -0.05) is 45.0 Å². The first-order chi connectivity index (χ1) is 11.8. The zero-order valence-corrected chi connectivity index (χ0v) is 15.4. The van der Waals surface area contributed by atoms with Crippen molar-refractivity contribution in [2.45, 2.75) is 38.0 Å². The summed E-state index contributed by atoms with van der Waals surface area (Å²) in [7, 11) is 0. The lowest BCUT2D eigenvalue weighted by molar-refractivity contribution is -0.131. The van der Waals surface area contributed by atoms with Gasteiger partial charge in [-0.2, -0.15) is 0 Å². The quantitative estimate of drug-likeness (QED) is 0.435. The van der Waals surface area contributed by atoms with Crippen molar-refractivity contribution in [1.29, 1.82) is 0 Å². The summed E-state index contributed by atoms with van der Waals surface area (Å²) in [5, 5.41) is 2.85. The highest BCUT2D eigenvalue weighted by atomic mass is 35.5. The fraction of sp³-hybridized carbons (Fsp3) is 0.429. The van der Waals surface area contributed by atoms with Crippen LogP contribution < -0.4 is 5.32 Å². The van der Waals surface area contributed by atoms with Crippen LogP contribution in [0.2, 0.25) is 0 Å². The van der Waals surface area contributed by atoms with Gasteiger partial charge in [0.1, 0.15) is 0 Å². The molecular formula is C21H21ClN2O. The second-order valence-electron chi connectivity index (χ2n) is 8.09. The Morgan fingerprint density at radius 1 is 1.36 bits per heavy atom. The SMILES string of the molecule is [C-]#[N+]C1=C2[C@H](C[C@@H](Cl)[C@@]1(C)C=C)C(C)(C)[C@]21C(=O)Nc2ccccc21. The third kappa shape index (κ3) is 1.56. The molecule has 1 N–H and O–H groups in total. The number of carbonyl (C=O) groups is 1. The Bertz CT molecular complexity index is 893. The Kier molecular flexibility index (Phi) is 3.13. The van der Waals surface area contributed by atoms with E-state index in [1.165, 1.54) is 0 Å². The van der Waals surface area contributed by atoms with Crippen molar-refractivity contribution in [2.75, 3.05) is 5.32 Å². The Hall–Kier alpha value is -2.05. The average molecular weight is 353 g/mol. The number of anilines is 1. The third-order valence-corrected chi connectivity index (χ3v) is 7.54. The molecule has 3 nitrogen and oxygen atoms in total. The fourth-order valence-corrected chi connectivity index (χ4v) is 5.74. The first-order valence-corrected chi connectivity index (χ1v) is 9.01. The number of halogens is 1. The molecule has 4 heteroatoms. The molecule has 0 bridgehead atoms. The number of nitrogens with one attached hydrogen (secondary N) is 1. The predicted molar refractivity (Wildman–Crippen MR) is 100 cm³/mol. The van der Waals surface area contributed by atoms with Crippen LogP contribution in [-0.2, 0) is 10.2 Å². The summed E-state index contributed by atoms with van der Waals surface area (Å²) in [6.45, 7) is 18.0. The van der Waals surface area contributed by atoms with Gasteiger partial charge in [-0.25, -0.2) is 4.85 Å². The number of fused-ring (bicyclic) bond motifs is 4. The molecule has 4 rings (SSSR count). The molecule has 3 aliphatic rings. The van der Waals surface area contributed by atoms with Crippen molar-refractivity contribution in [3.8, 4) is 0 Å². The van der Waals surface area contributed by atoms with Crippen molar-refractivity contribution in [3.63, 3.8) is 0 Å². The minimum Gasteiger partial charge on any atom is -0.325 e. The number of benzene rings is 1. The maximum atomic E-state index is 13.2. The summed E-state index contributed by atoms with van der Waals surface area (Å²) in [6.07, 6.45) is 2.53. The van der Waals surface area contributed by atoms with E-state index >= 15 is 0 Å². The van der Waals surface area contributed by atoms with E-state index in [0.717, 1.165) is 23.2 Å². The molecule has 0 radical (unpaired) electrons. The van der Waals surface area contributed by atoms with Gasteiger partial charge in [0.2, 0.25) is 5.91 Å². The molecule has 2 aliphatic carbocycles. The highest BCUT2D eigenvalue weighted by Crippen LogP contribution is 2.73. The monoisotopic (exact) mass is 352 g/mol. The topological polar surface area (TPSA) is 33.5 Å². The molecule has 1 aliphatic heterocycles. The van der Waals surface area contributed by atoms with Crippen LogP contribution in [0.25, 0.3) is 4.85 Å². The summed E-state index contributed by atoms with van der Waals surface area (Å²) < 4.78 is 0. The maximum Gasteiger partial charge on any atom is 0.238 e. The maximum absolute atomic E-state index is 13.2. The van der Waals surface area contributed by atoms with Gasteiger partial charge in [0.15, 0.2) is 5.70 Å². The number of rotatable bonds is 1. The summed E-state index contributed by atoms with van der Waals surface area (Å²) in [5.41, 5.74) is 1.69. The first-order valence-electron chi connectivity index (χ1n) is 8.58. The summed E-state index contributed by atoms with van der Waals surface area (Å²) in [5.74, 6) is 0.106. The Morgan fingerprint density at radius 2 is 2.04 bits per heavy atom. The van der Waals surface area contributed by atoms with Gasteiger partial charge in [-0.15, -0.1) is 18.2 Å². The van der Waals surface area contributed by atoms with Crippen LogP contribution in [0, 0.1) is 23.3 Å². The lowest BCUT2D eigenvalue weighted by atomic mass is 9.37. The molecule has 0 saturated heterocycles. The standard InChI is InChI=1S/C21H21ClN2O/c1-6-20(4)15(22)11-13-16(17(20)23-5)21(19(13,2)3)12-9-7-8-10-14(12)24-18(21)25/h6-10,13,15H,1,11H2,2-4H3,(H,24,25)/t13-,15+,20+,21-/m0/s1. The molecule has 1 saturated carbocycles. The Labute approximate surface area is 153 Å². The van der Waals surface area contributed by atoms with Crippen LogP contribution in [0.15, 0.2) is 48.2 Å². The number of amides is 1. The number of alkyl halides is 1. The summed E-state index contributed by atoms with van der Waals surface area (Å²) in [4.78, 5) is 17.1. The molecule has 1 aromatic rings. The lowest BCUT2D eigenvalue weighted by Crippen LogP contribution is -2.67. The van der Waals surface area contributed by atoms with Crippen LogP contribution >= 0.6 is 11.6 Å². The zero-order valence-electron chi connectivity index (χ0n) is 14.7. The van der Waals surface area contributed by atoms with Gasteiger partial charge in [-0.05, 0) is 35.0 Å². The molecule has 1 heterocycles. The van der Waals surface area contributed by atoms with E-state index in [0.29, 0.717) is 5.70 Å². The van der Waals surface area contributed by atoms with Crippen LogP contribution in [0.5, 0.6) is 0 Å². The average Bonchev–Trinajstić information content (AvgIpc) is 2.91. The van der Waals surface area contributed by atoms with Crippen molar-refractivity contribution < 1.29 is 4.79 Å². The smallest absolute Gasteiger partial charge is 0.238 e. The van der Waals surface area contributed by atoms with Crippen molar-refractivity contribution in [2.24, 2.45) is 16.7 Å². The van der Waals surface area contributed by atoms with Gasteiger partial charge < -0.3 is 5.32 Å². The number of allylic oxidation sites excluding steroid dienone is 1. The van der Waals surface area contributed by atoms with E-state index in [-0.39, 0.29) is 22.6 Å². The highest BCUT2D eigenvalue weighted by Gasteiger charge is 2.73. The van der Waals surface area contributed by atoms with Crippen LogP contribution in [0.4, 0.5) is 5.69 Å². The van der Waals surface area contributed by atoms with E-state index in [1.807, 2.05) is 31.2 Å². The molecule has 0 aromatic heterocycles. The van der Waals surface area contributed by atoms with E-state index < -0.39 is 10.8 Å².